The molecular weight excluding hydrogens is 298 g/mol. The van der Waals surface area contributed by atoms with Crippen LogP contribution in [0.5, 0.6) is 0 Å². The Morgan fingerprint density at radius 3 is 2.75 bits per heavy atom. The summed E-state index contributed by atoms with van der Waals surface area (Å²) in [5.41, 5.74) is 0.830. The van der Waals surface area contributed by atoms with Crippen LogP contribution < -0.4 is 4.90 Å². The van der Waals surface area contributed by atoms with E-state index in [1.807, 2.05) is 12.3 Å². The van der Waals surface area contributed by atoms with Gasteiger partial charge >= 0.3 is 5.69 Å². The second-order valence-corrected chi connectivity index (χ2v) is 6.42. The zero-order chi connectivity index (χ0) is 14.9. The minimum absolute atomic E-state index is 0.0327. The number of carbonyl (C=O) groups is 1. The predicted octanol–water partition coefficient (Wildman–Crippen LogP) is 3.26. The average molecular weight is 311 g/mol. The van der Waals surface area contributed by atoms with E-state index in [9.17, 15) is 14.9 Å². The first-order valence-corrected chi connectivity index (χ1v) is 7.49. The highest BCUT2D eigenvalue weighted by Crippen LogP contribution is 2.37. The van der Waals surface area contributed by atoms with E-state index >= 15 is 0 Å². The summed E-state index contributed by atoms with van der Waals surface area (Å²) in [5.74, 6) is -0.165. The van der Waals surface area contributed by atoms with E-state index in [4.69, 9.17) is 0 Å². The van der Waals surface area contributed by atoms with Crippen molar-refractivity contribution in [1.82, 2.24) is 4.98 Å². The Labute approximate surface area is 123 Å². The Kier molecular flexibility index (Phi) is 4.15. The molecule has 0 saturated carbocycles. The minimum atomic E-state index is -0.457. The van der Waals surface area contributed by atoms with Gasteiger partial charge in [-0.2, -0.15) is 0 Å². The molecule has 0 amide bonds. The lowest BCUT2D eigenvalue weighted by molar-refractivity contribution is -0.383. The van der Waals surface area contributed by atoms with E-state index < -0.39 is 4.92 Å². The van der Waals surface area contributed by atoms with E-state index in [-0.39, 0.29) is 11.5 Å². The SMILES string of the molecule is CC(=O)c1cc([N+](=O)[O-])c(N(C)Cc2csc(C)n2)s1. The molecule has 0 spiro atoms. The highest BCUT2D eigenvalue weighted by atomic mass is 32.1. The molecule has 6 nitrogen and oxygen atoms in total. The Bertz CT molecular complexity index is 663. The van der Waals surface area contributed by atoms with Gasteiger partial charge in [0.1, 0.15) is 0 Å². The number of hydrogen-bond acceptors (Lipinski definition) is 7. The van der Waals surface area contributed by atoms with Crippen molar-refractivity contribution in [3.63, 3.8) is 0 Å². The van der Waals surface area contributed by atoms with Crippen molar-refractivity contribution >= 4 is 39.1 Å². The van der Waals surface area contributed by atoms with Gasteiger partial charge in [-0.25, -0.2) is 4.98 Å². The van der Waals surface area contributed by atoms with E-state index in [1.54, 1.807) is 11.9 Å². The summed E-state index contributed by atoms with van der Waals surface area (Å²) in [5, 5.41) is 14.4. The molecule has 0 aromatic carbocycles. The maximum absolute atomic E-state index is 11.4. The molecule has 106 valence electrons. The Morgan fingerprint density at radius 1 is 1.55 bits per heavy atom. The number of aromatic nitrogens is 1. The van der Waals surface area contributed by atoms with Gasteiger partial charge in [0.2, 0.25) is 0 Å². The van der Waals surface area contributed by atoms with E-state index in [2.05, 4.69) is 4.98 Å². The third-order valence-corrected chi connectivity index (χ3v) is 4.81. The number of rotatable bonds is 5. The normalized spacial score (nSPS) is 10.6. The van der Waals surface area contributed by atoms with Gasteiger partial charge in [-0.1, -0.05) is 0 Å². The number of aryl methyl sites for hydroxylation is 1. The highest BCUT2D eigenvalue weighted by Gasteiger charge is 2.24. The molecule has 2 heterocycles. The van der Waals surface area contributed by atoms with Crippen LogP contribution in [0.4, 0.5) is 10.7 Å². The first-order chi connectivity index (χ1) is 9.38. The zero-order valence-corrected chi connectivity index (χ0v) is 12.9. The summed E-state index contributed by atoms with van der Waals surface area (Å²) in [6.07, 6.45) is 0. The summed E-state index contributed by atoms with van der Waals surface area (Å²) in [6.45, 7) is 3.79. The predicted molar refractivity (Wildman–Crippen MR) is 79.9 cm³/mol. The number of nitro groups is 1. The van der Waals surface area contributed by atoms with Crippen molar-refractivity contribution < 1.29 is 9.72 Å². The second kappa shape index (κ2) is 5.68. The fraction of sp³-hybridized carbons (Fsp3) is 0.333. The van der Waals surface area contributed by atoms with Crippen LogP contribution >= 0.6 is 22.7 Å². The lowest BCUT2D eigenvalue weighted by atomic mass is 10.3. The standard InChI is InChI=1S/C12H13N3O3S2/c1-7(16)11-4-10(15(17)18)12(20-11)14(3)5-9-6-19-8(2)13-9/h4,6H,5H2,1-3H3. The van der Waals surface area contributed by atoms with Crippen LogP contribution in [0.1, 0.15) is 27.3 Å². The minimum Gasteiger partial charge on any atom is -0.355 e. The number of nitrogens with zero attached hydrogens (tertiary/aromatic N) is 3. The van der Waals surface area contributed by atoms with Gasteiger partial charge in [0.05, 0.1) is 27.0 Å². The summed E-state index contributed by atoms with van der Waals surface area (Å²) in [7, 11) is 1.76. The summed E-state index contributed by atoms with van der Waals surface area (Å²) in [6, 6.07) is 1.34. The topological polar surface area (TPSA) is 76.3 Å². The van der Waals surface area contributed by atoms with Gasteiger partial charge < -0.3 is 4.90 Å². The van der Waals surface area contributed by atoms with Gasteiger partial charge in [-0.05, 0) is 13.8 Å². The van der Waals surface area contributed by atoms with Crippen molar-refractivity contribution in [2.45, 2.75) is 20.4 Å². The lowest BCUT2D eigenvalue weighted by Crippen LogP contribution is -2.16. The van der Waals surface area contributed by atoms with Gasteiger partial charge in [-0.15, -0.1) is 22.7 Å². The van der Waals surface area contributed by atoms with Crippen LogP contribution in [0.15, 0.2) is 11.4 Å². The molecule has 20 heavy (non-hydrogen) atoms. The summed E-state index contributed by atoms with van der Waals surface area (Å²) >= 11 is 2.68. The van der Waals surface area contributed by atoms with Gasteiger partial charge in [0.15, 0.2) is 10.8 Å². The average Bonchev–Trinajstić information content (AvgIpc) is 2.95. The third kappa shape index (κ3) is 3.02. The van der Waals surface area contributed by atoms with Crippen molar-refractivity contribution in [3.05, 3.63) is 37.1 Å². The molecule has 0 radical (unpaired) electrons. The molecule has 8 heteroatoms. The maximum atomic E-state index is 11.4. The Balaban J connectivity index is 2.30. The number of anilines is 1. The van der Waals surface area contributed by atoms with Gasteiger partial charge in [0, 0.05) is 18.5 Å². The Morgan fingerprint density at radius 2 is 2.25 bits per heavy atom. The zero-order valence-electron chi connectivity index (χ0n) is 11.2. The van der Waals surface area contributed by atoms with Crippen LogP contribution in [0.2, 0.25) is 0 Å². The molecular formula is C12H13N3O3S2. The van der Waals surface area contributed by atoms with Crippen molar-refractivity contribution in [2.24, 2.45) is 0 Å². The van der Waals surface area contributed by atoms with Crippen molar-refractivity contribution in [1.29, 1.82) is 0 Å². The van der Waals surface area contributed by atoms with Crippen LogP contribution in [-0.2, 0) is 6.54 Å². The van der Waals surface area contributed by atoms with Gasteiger partial charge in [0.25, 0.3) is 0 Å². The number of carbonyl (C=O) groups excluding carboxylic acids is 1. The molecule has 0 saturated heterocycles. The number of hydrogen-bond donors (Lipinski definition) is 0. The highest BCUT2D eigenvalue weighted by molar-refractivity contribution is 7.18. The summed E-state index contributed by atoms with van der Waals surface area (Å²) < 4.78 is 0. The fourth-order valence-electron chi connectivity index (χ4n) is 1.75. The van der Waals surface area contributed by atoms with Gasteiger partial charge in [-0.3, -0.25) is 14.9 Å². The number of thiazole rings is 1. The molecule has 0 aliphatic heterocycles. The molecule has 2 aromatic heterocycles. The van der Waals surface area contributed by atoms with Crippen LogP contribution in [0.3, 0.4) is 0 Å². The summed E-state index contributed by atoms with van der Waals surface area (Å²) in [4.78, 5) is 28.5. The third-order valence-electron chi connectivity index (χ3n) is 2.65. The fourth-order valence-corrected chi connectivity index (χ4v) is 3.33. The van der Waals surface area contributed by atoms with E-state index in [1.165, 1.54) is 24.3 Å². The van der Waals surface area contributed by atoms with Crippen LogP contribution in [-0.4, -0.2) is 22.7 Å². The number of Topliss-reactive ketones (excluding diaryl/α,β-unsaturated/α-hetero) is 1. The van der Waals surface area contributed by atoms with E-state index in [0.717, 1.165) is 22.0 Å². The molecule has 0 aliphatic rings. The smallest absolute Gasteiger partial charge is 0.304 e. The number of ketones is 1. The molecule has 0 aliphatic carbocycles. The van der Waals surface area contributed by atoms with E-state index in [0.29, 0.717) is 16.4 Å². The molecule has 0 bridgehead atoms. The molecule has 0 atom stereocenters. The molecule has 2 rings (SSSR count). The monoisotopic (exact) mass is 311 g/mol. The quantitative estimate of drug-likeness (QED) is 0.481. The molecule has 0 unspecified atom stereocenters. The molecule has 2 aromatic rings. The van der Waals surface area contributed by atoms with Crippen molar-refractivity contribution in [2.75, 3.05) is 11.9 Å². The Hall–Kier alpha value is -1.80. The second-order valence-electron chi connectivity index (χ2n) is 4.33. The van der Waals surface area contributed by atoms with Crippen LogP contribution in [0, 0.1) is 17.0 Å². The van der Waals surface area contributed by atoms with Crippen LogP contribution in [0.25, 0.3) is 0 Å². The first kappa shape index (κ1) is 14.6. The first-order valence-electron chi connectivity index (χ1n) is 5.79. The molecule has 0 fully saturated rings. The lowest BCUT2D eigenvalue weighted by Gasteiger charge is -2.14. The largest absolute Gasteiger partial charge is 0.355 e. The molecule has 0 N–H and O–H groups in total. The maximum Gasteiger partial charge on any atom is 0.304 e. The number of thiophene rings is 1. The van der Waals surface area contributed by atoms with Crippen molar-refractivity contribution in [3.8, 4) is 0 Å².